The summed E-state index contributed by atoms with van der Waals surface area (Å²) in [4.78, 5) is 30.3. The first-order valence-electron chi connectivity index (χ1n) is 19.1. The minimum absolute atomic E-state index is 0.0810. The van der Waals surface area contributed by atoms with Crippen LogP contribution in [-0.2, 0) is 39.6 Å². The Kier molecular flexibility index (Phi) is 10.2. The zero-order valence-corrected chi connectivity index (χ0v) is 32.4. The van der Waals surface area contributed by atoms with Gasteiger partial charge in [-0.25, -0.2) is 4.21 Å². The van der Waals surface area contributed by atoms with Crippen LogP contribution in [0.1, 0.15) is 83.5 Å². The summed E-state index contributed by atoms with van der Waals surface area (Å²) < 4.78 is 36.1. The van der Waals surface area contributed by atoms with E-state index in [1.165, 1.54) is 11.1 Å². The van der Waals surface area contributed by atoms with Crippen LogP contribution in [0.4, 0.5) is 5.69 Å². The maximum atomic E-state index is 15.0. The molecule has 1 aromatic heterocycles. The third kappa shape index (κ3) is 7.00. The second-order valence-corrected chi connectivity index (χ2v) is 18.7. The van der Waals surface area contributed by atoms with Crippen LogP contribution in [0.25, 0.3) is 0 Å². The van der Waals surface area contributed by atoms with E-state index in [2.05, 4.69) is 26.1 Å². The molecule has 13 heteroatoms. The molecule has 3 aliphatic heterocycles. The molecule has 0 radical (unpaired) electrons. The molecule has 11 nitrogen and oxygen atoms in total. The number of hydrogen-bond acceptors (Lipinski definition) is 8. The molecular formula is C41H49ClN4O7S. The SMILES string of the molecule is C[C@@H]1[C@@H](C)C/C=C\[C@H](O)[C@@H]2CC[C@H]2CN2C[C@@]3(CCCc4cc(Cl)ccc43)COc3ccc(cc32)C(=O)N=S1(=O)NC(=O)c1cc2n(c1)C[C@H](CO)OC2. The van der Waals surface area contributed by atoms with Crippen molar-refractivity contribution in [1.82, 2.24) is 9.29 Å². The fourth-order valence-corrected chi connectivity index (χ4v) is 11.1. The summed E-state index contributed by atoms with van der Waals surface area (Å²) in [5.41, 5.74) is 4.19. The van der Waals surface area contributed by atoms with Crippen LogP contribution < -0.4 is 14.4 Å². The number of hydrogen-bond donors (Lipinski definition) is 3. The fourth-order valence-electron chi connectivity index (χ4n) is 9.00. The first kappa shape index (κ1) is 37.3. The van der Waals surface area contributed by atoms with Crippen LogP contribution in [0.3, 0.4) is 0 Å². The molecule has 1 fully saturated rings. The number of aliphatic hydroxyl groups excluding tert-OH is 2. The molecule has 4 heterocycles. The highest BCUT2D eigenvalue weighted by Crippen LogP contribution is 2.47. The van der Waals surface area contributed by atoms with Crippen molar-refractivity contribution in [3.63, 3.8) is 0 Å². The summed E-state index contributed by atoms with van der Waals surface area (Å²) in [7, 11) is -3.69. The number of nitrogens with one attached hydrogen (secondary N) is 1. The minimum Gasteiger partial charge on any atom is -0.490 e. The smallest absolute Gasteiger partial charge is 0.286 e. The number of carbonyl (C=O) groups is 2. The standard InChI is InChI=1S/C41H49ClN4O7S/c1-25-5-3-7-37(48)34-11-8-29(34)18-46-23-41(14-4-6-27-15-31(42)10-12-35(27)41)24-53-38-13-9-28(17-36(38)46)39(49)43-54(51,26(25)2)44-40(50)30-16-32-22-52-33(21-47)20-45(32)19-30/h3,7,9-10,12-13,15-17,19,25-26,29,33-34,37,47-48H,4-6,8,11,14,18,20-24H2,1-2H3,(H,43,44,49,50,51)/b7-3-/t25-,26+,29-,33+,34+,37-,41-,54?/m0/s1. The summed E-state index contributed by atoms with van der Waals surface area (Å²) >= 11 is 6.45. The van der Waals surface area contributed by atoms with Crippen LogP contribution in [0, 0.1) is 17.8 Å². The molecule has 2 aliphatic carbocycles. The van der Waals surface area contributed by atoms with Crippen LogP contribution in [-0.4, -0.2) is 74.6 Å². The predicted molar refractivity (Wildman–Crippen MR) is 207 cm³/mol. The van der Waals surface area contributed by atoms with Crippen molar-refractivity contribution in [2.45, 2.75) is 88.4 Å². The summed E-state index contributed by atoms with van der Waals surface area (Å²) in [5, 5.41) is 21.0. The lowest BCUT2D eigenvalue weighted by molar-refractivity contribution is -0.0273. The topological polar surface area (TPSA) is 143 Å². The van der Waals surface area contributed by atoms with Gasteiger partial charge in [0.05, 0.1) is 55.1 Å². The molecule has 0 saturated heterocycles. The van der Waals surface area contributed by atoms with Gasteiger partial charge < -0.3 is 29.2 Å². The number of nitrogens with zero attached hydrogens (tertiary/aromatic N) is 3. The van der Waals surface area contributed by atoms with Crippen molar-refractivity contribution in [3.8, 4) is 5.75 Å². The molecule has 8 rings (SSSR count). The highest BCUT2D eigenvalue weighted by molar-refractivity contribution is 7.93. The number of aryl methyl sites for hydroxylation is 1. The predicted octanol–water partition coefficient (Wildman–Crippen LogP) is 5.83. The number of benzene rings is 2. The lowest BCUT2D eigenvalue weighted by Gasteiger charge is -2.45. The molecule has 1 unspecified atom stereocenters. The van der Waals surface area contributed by atoms with Gasteiger partial charge in [-0.15, -0.1) is 4.36 Å². The number of carbonyl (C=O) groups excluding carboxylic acids is 2. The molecule has 3 N–H and O–H groups in total. The molecule has 2 bridgehead atoms. The summed E-state index contributed by atoms with van der Waals surface area (Å²) in [6.07, 6.45) is 9.67. The number of allylic oxidation sites excluding steroid dienone is 1. The lowest BCUT2D eigenvalue weighted by atomic mass is 9.68. The molecule has 1 saturated carbocycles. The van der Waals surface area contributed by atoms with E-state index in [4.69, 9.17) is 21.1 Å². The van der Waals surface area contributed by atoms with Gasteiger partial charge in [0.2, 0.25) is 0 Å². The largest absolute Gasteiger partial charge is 0.490 e. The average molecular weight is 777 g/mol. The average Bonchev–Trinajstić information content (AvgIpc) is 3.51. The molecule has 1 spiro atoms. The Morgan fingerprint density at radius 2 is 2.00 bits per heavy atom. The van der Waals surface area contributed by atoms with E-state index in [1.54, 1.807) is 37.4 Å². The van der Waals surface area contributed by atoms with Crippen molar-refractivity contribution in [2.24, 2.45) is 22.1 Å². The Bertz CT molecular complexity index is 2110. The number of ether oxygens (including phenoxy) is 2. The molecule has 8 atom stereocenters. The summed E-state index contributed by atoms with van der Waals surface area (Å²) in [6, 6.07) is 13.1. The Hall–Kier alpha value is -3.68. The van der Waals surface area contributed by atoms with Crippen LogP contribution in [0.15, 0.2) is 65.2 Å². The third-order valence-corrected chi connectivity index (χ3v) is 15.2. The van der Waals surface area contributed by atoms with Gasteiger partial charge in [0, 0.05) is 41.0 Å². The van der Waals surface area contributed by atoms with E-state index in [0.717, 1.165) is 48.5 Å². The van der Waals surface area contributed by atoms with Gasteiger partial charge >= 0.3 is 0 Å². The quantitative estimate of drug-likeness (QED) is 0.282. The van der Waals surface area contributed by atoms with Gasteiger partial charge in [-0.05, 0) is 111 Å². The zero-order valence-electron chi connectivity index (χ0n) is 30.8. The second kappa shape index (κ2) is 14.8. The van der Waals surface area contributed by atoms with Crippen molar-refractivity contribution < 1.29 is 33.5 Å². The Morgan fingerprint density at radius 1 is 1.15 bits per heavy atom. The van der Waals surface area contributed by atoms with Gasteiger partial charge in [-0.3, -0.25) is 14.3 Å². The summed E-state index contributed by atoms with van der Waals surface area (Å²) in [5.74, 6) is -0.585. The number of fused-ring (bicyclic) bond motifs is 5. The number of amides is 2. The normalized spacial score (nSPS) is 32.8. The van der Waals surface area contributed by atoms with Gasteiger partial charge in [0.15, 0.2) is 0 Å². The van der Waals surface area contributed by atoms with Gasteiger partial charge in [-0.2, -0.15) is 0 Å². The maximum absolute atomic E-state index is 15.0. The second-order valence-electron chi connectivity index (χ2n) is 16.0. The van der Waals surface area contributed by atoms with Crippen LogP contribution in [0.2, 0.25) is 5.02 Å². The third-order valence-electron chi connectivity index (χ3n) is 12.6. The fraction of sp³-hybridized carbons (Fsp3) is 0.512. The number of halogens is 1. The first-order chi connectivity index (χ1) is 25.9. The molecule has 3 aromatic rings. The lowest BCUT2D eigenvalue weighted by Crippen LogP contribution is -2.49. The van der Waals surface area contributed by atoms with Crippen molar-refractivity contribution in [1.29, 1.82) is 0 Å². The first-order valence-corrected chi connectivity index (χ1v) is 21.1. The zero-order chi connectivity index (χ0) is 37.8. The highest BCUT2D eigenvalue weighted by Gasteiger charge is 2.44. The number of anilines is 1. The van der Waals surface area contributed by atoms with Gasteiger partial charge in [-0.1, -0.05) is 36.7 Å². The molecule has 2 aromatic carbocycles. The number of rotatable bonds is 3. The highest BCUT2D eigenvalue weighted by atomic mass is 35.5. The van der Waals surface area contributed by atoms with Crippen molar-refractivity contribution >= 4 is 39.0 Å². The van der Waals surface area contributed by atoms with E-state index in [-0.39, 0.29) is 53.6 Å². The van der Waals surface area contributed by atoms with E-state index in [0.29, 0.717) is 38.4 Å². The van der Waals surface area contributed by atoms with Crippen LogP contribution >= 0.6 is 11.6 Å². The maximum Gasteiger partial charge on any atom is 0.286 e. The minimum atomic E-state index is -3.69. The van der Waals surface area contributed by atoms with E-state index in [9.17, 15) is 24.0 Å². The van der Waals surface area contributed by atoms with E-state index < -0.39 is 33.1 Å². The Morgan fingerprint density at radius 3 is 2.80 bits per heavy atom. The van der Waals surface area contributed by atoms with E-state index in [1.807, 2.05) is 29.7 Å². The number of aromatic nitrogens is 1. The van der Waals surface area contributed by atoms with Crippen molar-refractivity contribution in [2.75, 3.05) is 31.2 Å². The monoisotopic (exact) mass is 776 g/mol. The molecule has 54 heavy (non-hydrogen) atoms. The van der Waals surface area contributed by atoms with Gasteiger partial charge in [0.1, 0.15) is 15.7 Å². The van der Waals surface area contributed by atoms with Crippen LogP contribution in [0.5, 0.6) is 5.75 Å². The Labute approximate surface area is 322 Å². The molecule has 288 valence electrons. The molecular weight excluding hydrogens is 728 g/mol. The number of aliphatic hydroxyl groups is 2. The molecule has 2 amide bonds. The molecule has 5 aliphatic rings. The van der Waals surface area contributed by atoms with Gasteiger partial charge in [0.25, 0.3) is 11.8 Å². The van der Waals surface area contributed by atoms with E-state index >= 15 is 0 Å². The summed E-state index contributed by atoms with van der Waals surface area (Å²) in [6.45, 7) is 5.92. The van der Waals surface area contributed by atoms with Crippen molar-refractivity contribution in [3.05, 3.63) is 93.8 Å². The Balaban J connectivity index is 1.18.